The summed E-state index contributed by atoms with van der Waals surface area (Å²) in [5.74, 6) is 2.72. The van der Waals surface area contributed by atoms with E-state index in [4.69, 9.17) is 11.6 Å². The van der Waals surface area contributed by atoms with Crippen molar-refractivity contribution in [3.63, 3.8) is 0 Å². The Morgan fingerprint density at radius 2 is 2.31 bits per heavy atom. The average molecular weight is 191 g/mol. The highest BCUT2D eigenvalue weighted by Crippen LogP contribution is 2.22. The Labute approximate surface area is 83.9 Å². The Bertz CT molecular complexity index is 349. The number of alkyl halides is 1. The van der Waals surface area contributed by atoms with Crippen molar-refractivity contribution in [2.75, 3.05) is 11.0 Å². The van der Waals surface area contributed by atoms with Gasteiger partial charge in [0.25, 0.3) is 6.85 Å². The zero-order chi connectivity index (χ0) is 9.26. The van der Waals surface area contributed by atoms with E-state index < -0.39 is 0 Å². The van der Waals surface area contributed by atoms with Crippen LogP contribution in [0.25, 0.3) is 6.08 Å². The van der Waals surface area contributed by atoms with Gasteiger partial charge in [0.2, 0.25) is 0 Å². The van der Waals surface area contributed by atoms with Crippen LogP contribution in [-0.2, 0) is 0 Å². The molecule has 0 saturated carbocycles. The Morgan fingerprint density at radius 1 is 1.46 bits per heavy atom. The third-order valence-corrected chi connectivity index (χ3v) is 2.55. The van der Waals surface area contributed by atoms with Crippen LogP contribution < -0.4 is 5.23 Å². The summed E-state index contributed by atoms with van der Waals surface area (Å²) < 4.78 is 0. The van der Waals surface area contributed by atoms with Gasteiger partial charge in [0.15, 0.2) is 0 Å². The molecule has 1 heterocycles. The quantitative estimate of drug-likeness (QED) is 0.532. The second-order valence-electron chi connectivity index (χ2n) is 3.35. The summed E-state index contributed by atoms with van der Waals surface area (Å²) in [5.41, 5.74) is 3.72. The highest BCUT2D eigenvalue weighted by Gasteiger charge is 2.14. The normalized spacial score (nSPS) is 13.8. The van der Waals surface area contributed by atoms with Gasteiger partial charge in [-0.25, -0.2) is 0 Å². The minimum atomic E-state index is 0.275. The predicted octanol–water partition coefficient (Wildman–Crippen LogP) is 2.74. The van der Waals surface area contributed by atoms with E-state index in [1.54, 1.807) is 0 Å². The minimum Gasteiger partial charge on any atom is -0.423 e. The summed E-state index contributed by atoms with van der Waals surface area (Å²) in [6.07, 6.45) is 2.13. The number of hydrogen-bond acceptors (Lipinski definition) is 1. The number of rotatable bonds is 1. The summed E-state index contributed by atoms with van der Waals surface area (Å²) in [6, 6.07) is 6.38. The average Bonchev–Trinajstić information content (AvgIpc) is 2.17. The van der Waals surface area contributed by atoms with Gasteiger partial charge in [-0.15, -0.1) is 11.6 Å². The smallest absolute Gasteiger partial charge is 0.294 e. The fraction of sp³-hybridized carbons (Fsp3) is 0.200. The first-order valence-electron chi connectivity index (χ1n) is 4.41. The van der Waals surface area contributed by atoms with Crippen LogP contribution >= 0.6 is 11.6 Å². The summed E-state index contributed by atoms with van der Waals surface area (Å²) in [6.45, 7) is 2.37. The van der Waals surface area contributed by atoms with E-state index in [9.17, 15) is 0 Å². The van der Waals surface area contributed by atoms with Crippen LogP contribution in [0.15, 0.2) is 24.2 Å². The van der Waals surface area contributed by atoms with Gasteiger partial charge in [-0.3, -0.25) is 0 Å². The number of aryl methyl sites for hydroxylation is 1. The second kappa shape index (κ2) is 3.47. The summed E-state index contributed by atoms with van der Waals surface area (Å²) in [7, 11) is 0. The maximum atomic E-state index is 5.76. The van der Waals surface area contributed by atoms with Crippen molar-refractivity contribution in [2.45, 2.75) is 6.92 Å². The van der Waals surface area contributed by atoms with Gasteiger partial charge in [0.1, 0.15) is 0 Å². The first kappa shape index (κ1) is 8.70. The molecular formula is C10H11BClN. The molecule has 1 aliphatic rings. The van der Waals surface area contributed by atoms with Gasteiger partial charge in [0, 0.05) is 11.5 Å². The molecule has 1 nitrogen and oxygen atoms in total. The number of nitrogens with one attached hydrogen (secondary N) is 1. The summed E-state index contributed by atoms with van der Waals surface area (Å²) in [4.78, 5) is 0. The number of fused-ring (bicyclic) bond motifs is 1. The molecule has 0 fully saturated rings. The molecule has 0 amide bonds. The van der Waals surface area contributed by atoms with Crippen LogP contribution in [0.1, 0.15) is 11.1 Å². The Kier molecular flexibility index (Phi) is 2.32. The van der Waals surface area contributed by atoms with Crippen molar-refractivity contribution in [2.24, 2.45) is 0 Å². The molecule has 0 unspecified atom stereocenters. The van der Waals surface area contributed by atoms with Crippen LogP contribution in [0.4, 0.5) is 5.69 Å². The van der Waals surface area contributed by atoms with Crippen LogP contribution in [-0.4, -0.2) is 12.6 Å². The maximum absolute atomic E-state index is 5.76. The number of halogens is 1. The van der Waals surface area contributed by atoms with Gasteiger partial charge >= 0.3 is 0 Å². The first-order chi connectivity index (χ1) is 6.29. The number of hydrogen-bond donors (Lipinski definition) is 1. The van der Waals surface area contributed by atoms with Crippen LogP contribution in [0.2, 0.25) is 0 Å². The zero-order valence-corrected chi connectivity index (χ0v) is 8.31. The van der Waals surface area contributed by atoms with Gasteiger partial charge in [-0.05, 0) is 18.6 Å². The molecule has 0 saturated heterocycles. The van der Waals surface area contributed by atoms with Gasteiger partial charge in [-0.2, -0.15) is 0 Å². The fourth-order valence-electron chi connectivity index (χ4n) is 1.51. The molecule has 13 heavy (non-hydrogen) atoms. The monoisotopic (exact) mass is 191 g/mol. The van der Waals surface area contributed by atoms with Crippen molar-refractivity contribution in [3.8, 4) is 0 Å². The molecule has 1 aromatic carbocycles. The van der Waals surface area contributed by atoms with E-state index in [1.165, 1.54) is 16.8 Å². The number of anilines is 1. The van der Waals surface area contributed by atoms with Crippen molar-refractivity contribution in [1.82, 2.24) is 0 Å². The van der Waals surface area contributed by atoms with Crippen molar-refractivity contribution in [3.05, 3.63) is 35.3 Å². The minimum absolute atomic E-state index is 0.275. The van der Waals surface area contributed by atoms with E-state index in [1.807, 2.05) is 0 Å². The molecule has 0 aliphatic carbocycles. The molecule has 3 heteroatoms. The van der Waals surface area contributed by atoms with Crippen LogP contribution in [0.5, 0.6) is 0 Å². The highest BCUT2D eigenvalue weighted by molar-refractivity contribution is 6.75. The van der Waals surface area contributed by atoms with E-state index in [0.29, 0.717) is 5.78 Å². The molecular weight excluding hydrogens is 180 g/mol. The summed E-state index contributed by atoms with van der Waals surface area (Å²) >= 11 is 5.76. The SMILES string of the molecule is Cc1ccc2c(c1)C=CB(CCl)N2. The Morgan fingerprint density at radius 3 is 3.08 bits per heavy atom. The lowest BCUT2D eigenvalue weighted by Gasteiger charge is -2.18. The standard InChI is InChI=1S/C10H11BClN/c1-8-2-3-10-9(6-8)4-5-11(7-12)13-10/h2-6,13H,7H2,1H3. The lowest BCUT2D eigenvalue weighted by Crippen LogP contribution is -2.27. The summed E-state index contributed by atoms with van der Waals surface area (Å²) in [5, 5.41) is 3.36. The molecule has 1 N–H and O–H groups in total. The van der Waals surface area contributed by atoms with Crippen molar-refractivity contribution in [1.29, 1.82) is 0 Å². The van der Waals surface area contributed by atoms with Crippen LogP contribution in [0.3, 0.4) is 0 Å². The number of benzene rings is 1. The fourth-order valence-corrected chi connectivity index (χ4v) is 1.69. The largest absolute Gasteiger partial charge is 0.423 e. The molecule has 0 atom stereocenters. The predicted molar refractivity (Wildman–Crippen MR) is 60.3 cm³/mol. The van der Waals surface area contributed by atoms with Gasteiger partial charge in [0.05, 0.1) is 0 Å². The second-order valence-corrected chi connectivity index (χ2v) is 3.66. The lowest BCUT2D eigenvalue weighted by molar-refractivity contribution is 1.45. The van der Waals surface area contributed by atoms with Crippen LogP contribution in [0, 0.1) is 6.92 Å². The highest BCUT2D eigenvalue weighted by atomic mass is 35.5. The molecule has 0 bridgehead atoms. The Hall–Kier alpha value is -0.885. The third-order valence-electron chi connectivity index (χ3n) is 2.22. The van der Waals surface area contributed by atoms with Crippen molar-refractivity contribution >= 4 is 30.2 Å². The lowest BCUT2D eigenvalue weighted by atomic mass is 9.62. The maximum Gasteiger partial charge on any atom is 0.294 e. The molecule has 0 spiro atoms. The molecule has 0 radical (unpaired) electrons. The molecule has 1 aromatic rings. The van der Waals surface area contributed by atoms with Gasteiger partial charge in [-0.1, -0.05) is 29.7 Å². The van der Waals surface area contributed by atoms with E-state index >= 15 is 0 Å². The molecule has 66 valence electrons. The third kappa shape index (κ3) is 1.73. The molecule has 2 rings (SSSR count). The Balaban J connectivity index is 2.35. The zero-order valence-electron chi connectivity index (χ0n) is 7.55. The van der Waals surface area contributed by atoms with Crippen molar-refractivity contribution < 1.29 is 0 Å². The topological polar surface area (TPSA) is 12.0 Å². The first-order valence-corrected chi connectivity index (χ1v) is 4.94. The molecule has 1 aliphatic heterocycles. The van der Waals surface area contributed by atoms with E-state index in [-0.39, 0.29) is 6.85 Å². The van der Waals surface area contributed by atoms with E-state index in [2.05, 4.69) is 42.4 Å². The van der Waals surface area contributed by atoms with Gasteiger partial charge < -0.3 is 5.23 Å². The molecule has 0 aromatic heterocycles. The van der Waals surface area contributed by atoms with E-state index in [0.717, 1.165) is 0 Å².